The molecule has 3 heteroatoms. The van der Waals surface area contributed by atoms with E-state index in [1.807, 2.05) is 43.3 Å². The Morgan fingerprint density at radius 1 is 1.18 bits per heavy atom. The summed E-state index contributed by atoms with van der Waals surface area (Å²) >= 11 is 0. The molecule has 0 bridgehead atoms. The van der Waals surface area contributed by atoms with Crippen LogP contribution in [0.15, 0.2) is 36.5 Å². The average Bonchev–Trinajstić information content (AvgIpc) is 2.29. The number of aryl methyl sites for hydroxylation is 2. The molecule has 0 saturated carbocycles. The molecule has 0 amide bonds. The lowest BCUT2D eigenvalue weighted by molar-refractivity contribution is 1.11. The van der Waals surface area contributed by atoms with Crippen LogP contribution in [0.2, 0.25) is 0 Å². The van der Waals surface area contributed by atoms with Crippen molar-refractivity contribution in [3.8, 4) is 0 Å². The van der Waals surface area contributed by atoms with E-state index in [4.69, 9.17) is 5.73 Å². The van der Waals surface area contributed by atoms with Crippen molar-refractivity contribution < 1.29 is 0 Å². The molecule has 88 valence electrons. The van der Waals surface area contributed by atoms with Crippen molar-refractivity contribution in [1.29, 1.82) is 0 Å². The number of anilines is 3. The number of nitrogens with two attached hydrogens (primary N) is 1. The van der Waals surface area contributed by atoms with Gasteiger partial charge in [-0.25, -0.2) is 4.98 Å². The van der Waals surface area contributed by atoms with Crippen LogP contribution in [0.4, 0.5) is 17.2 Å². The van der Waals surface area contributed by atoms with Gasteiger partial charge in [0.15, 0.2) is 5.82 Å². The first-order valence-electron chi connectivity index (χ1n) is 5.61. The standard InChI is InChI=1S/C14H17N3/c1-10-8-12(15)14(16-9-10)17(3)13-7-5-4-6-11(13)2/h4-9H,15H2,1-3H3. The first-order valence-corrected chi connectivity index (χ1v) is 5.61. The summed E-state index contributed by atoms with van der Waals surface area (Å²) in [6.07, 6.45) is 1.83. The topological polar surface area (TPSA) is 42.2 Å². The smallest absolute Gasteiger partial charge is 0.155 e. The van der Waals surface area contributed by atoms with Gasteiger partial charge in [-0.05, 0) is 37.1 Å². The van der Waals surface area contributed by atoms with E-state index in [0.717, 1.165) is 17.1 Å². The van der Waals surface area contributed by atoms with Gasteiger partial charge in [0.25, 0.3) is 0 Å². The molecule has 2 rings (SSSR count). The fourth-order valence-corrected chi connectivity index (χ4v) is 1.92. The van der Waals surface area contributed by atoms with Crippen LogP contribution in [-0.2, 0) is 0 Å². The molecule has 0 unspecified atom stereocenters. The Balaban J connectivity index is 2.44. The van der Waals surface area contributed by atoms with Gasteiger partial charge in [-0.3, -0.25) is 0 Å². The Hall–Kier alpha value is -2.03. The second-order valence-electron chi connectivity index (χ2n) is 4.27. The maximum Gasteiger partial charge on any atom is 0.155 e. The second-order valence-corrected chi connectivity index (χ2v) is 4.27. The Bertz CT molecular complexity index is 535. The van der Waals surface area contributed by atoms with Crippen molar-refractivity contribution in [1.82, 2.24) is 4.98 Å². The summed E-state index contributed by atoms with van der Waals surface area (Å²) in [5.41, 5.74) is 10.1. The lowest BCUT2D eigenvalue weighted by Gasteiger charge is -2.21. The van der Waals surface area contributed by atoms with Crippen LogP contribution in [0.25, 0.3) is 0 Å². The van der Waals surface area contributed by atoms with E-state index in [0.29, 0.717) is 5.69 Å². The number of hydrogen-bond acceptors (Lipinski definition) is 3. The largest absolute Gasteiger partial charge is 0.396 e. The number of hydrogen-bond donors (Lipinski definition) is 1. The Morgan fingerprint density at radius 2 is 1.88 bits per heavy atom. The maximum absolute atomic E-state index is 6.01. The van der Waals surface area contributed by atoms with Crippen LogP contribution in [0.3, 0.4) is 0 Å². The molecule has 1 aromatic carbocycles. The highest BCUT2D eigenvalue weighted by Gasteiger charge is 2.10. The molecule has 0 aliphatic carbocycles. The molecule has 0 fully saturated rings. The summed E-state index contributed by atoms with van der Waals surface area (Å²) < 4.78 is 0. The van der Waals surface area contributed by atoms with E-state index in [9.17, 15) is 0 Å². The highest BCUT2D eigenvalue weighted by Crippen LogP contribution is 2.29. The quantitative estimate of drug-likeness (QED) is 0.857. The average molecular weight is 227 g/mol. The van der Waals surface area contributed by atoms with Crippen molar-refractivity contribution in [2.24, 2.45) is 0 Å². The van der Waals surface area contributed by atoms with Crippen LogP contribution in [-0.4, -0.2) is 12.0 Å². The van der Waals surface area contributed by atoms with Gasteiger partial charge in [-0.2, -0.15) is 0 Å². The fourth-order valence-electron chi connectivity index (χ4n) is 1.92. The SMILES string of the molecule is Cc1cnc(N(C)c2ccccc2C)c(N)c1. The highest BCUT2D eigenvalue weighted by molar-refractivity contribution is 5.72. The Morgan fingerprint density at radius 3 is 2.53 bits per heavy atom. The van der Waals surface area contributed by atoms with Gasteiger partial charge in [0.2, 0.25) is 0 Å². The summed E-state index contributed by atoms with van der Waals surface area (Å²) in [5, 5.41) is 0. The number of nitrogens with zero attached hydrogens (tertiary/aromatic N) is 2. The molecular formula is C14H17N3. The van der Waals surface area contributed by atoms with E-state index >= 15 is 0 Å². The number of pyridine rings is 1. The fraction of sp³-hybridized carbons (Fsp3) is 0.214. The molecule has 0 aliphatic heterocycles. The Labute approximate surface area is 102 Å². The molecule has 0 saturated heterocycles. The van der Waals surface area contributed by atoms with Gasteiger partial charge in [-0.1, -0.05) is 18.2 Å². The molecule has 1 aromatic heterocycles. The second kappa shape index (κ2) is 4.45. The van der Waals surface area contributed by atoms with E-state index in [2.05, 4.69) is 24.0 Å². The van der Waals surface area contributed by atoms with Gasteiger partial charge < -0.3 is 10.6 Å². The predicted molar refractivity (Wildman–Crippen MR) is 72.6 cm³/mol. The van der Waals surface area contributed by atoms with E-state index < -0.39 is 0 Å². The lowest BCUT2D eigenvalue weighted by atomic mass is 10.2. The zero-order valence-electron chi connectivity index (χ0n) is 10.4. The third kappa shape index (κ3) is 2.23. The lowest BCUT2D eigenvalue weighted by Crippen LogP contribution is -2.14. The number of benzene rings is 1. The zero-order chi connectivity index (χ0) is 12.4. The number of aromatic nitrogens is 1. The highest BCUT2D eigenvalue weighted by atomic mass is 15.2. The maximum atomic E-state index is 6.01. The van der Waals surface area contributed by atoms with Gasteiger partial charge >= 0.3 is 0 Å². The molecule has 0 aliphatic rings. The summed E-state index contributed by atoms with van der Waals surface area (Å²) in [5.74, 6) is 0.796. The molecule has 1 heterocycles. The summed E-state index contributed by atoms with van der Waals surface area (Å²) in [6.45, 7) is 4.07. The minimum atomic E-state index is 0.704. The molecule has 2 aromatic rings. The molecule has 17 heavy (non-hydrogen) atoms. The van der Waals surface area contributed by atoms with Crippen molar-refractivity contribution in [2.75, 3.05) is 17.7 Å². The third-order valence-electron chi connectivity index (χ3n) is 2.83. The van der Waals surface area contributed by atoms with Crippen LogP contribution in [0.1, 0.15) is 11.1 Å². The van der Waals surface area contributed by atoms with Crippen LogP contribution in [0.5, 0.6) is 0 Å². The molecule has 0 spiro atoms. The normalized spacial score (nSPS) is 10.3. The van der Waals surface area contributed by atoms with Crippen molar-refractivity contribution in [3.63, 3.8) is 0 Å². The number of nitrogen functional groups attached to an aromatic ring is 1. The van der Waals surface area contributed by atoms with E-state index in [-0.39, 0.29) is 0 Å². The first-order chi connectivity index (χ1) is 8.09. The van der Waals surface area contributed by atoms with Gasteiger partial charge in [0.1, 0.15) is 0 Å². The number of para-hydroxylation sites is 1. The summed E-state index contributed by atoms with van der Waals surface area (Å²) in [7, 11) is 1.98. The summed E-state index contributed by atoms with van der Waals surface area (Å²) in [6, 6.07) is 10.1. The van der Waals surface area contributed by atoms with Crippen LogP contribution in [0, 0.1) is 13.8 Å². The first kappa shape index (κ1) is 11.5. The Kier molecular flexibility index (Phi) is 3.00. The van der Waals surface area contributed by atoms with Crippen LogP contribution >= 0.6 is 0 Å². The zero-order valence-corrected chi connectivity index (χ0v) is 10.4. The van der Waals surface area contributed by atoms with E-state index in [1.54, 1.807) is 0 Å². The predicted octanol–water partition coefficient (Wildman–Crippen LogP) is 3.05. The summed E-state index contributed by atoms with van der Waals surface area (Å²) in [4.78, 5) is 6.41. The number of rotatable bonds is 2. The third-order valence-corrected chi connectivity index (χ3v) is 2.83. The molecule has 3 nitrogen and oxygen atoms in total. The van der Waals surface area contributed by atoms with Gasteiger partial charge in [0.05, 0.1) is 5.69 Å². The minimum Gasteiger partial charge on any atom is -0.396 e. The van der Waals surface area contributed by atoms with Crippen molar-refractivity contribution in [3.05, 3.63) is 47.7 Å². The molecule has 0 atom stereocenters. The molecule has 0 radical (unpaired) electrons. The van der Waals surface area contributed by atoms with Crippen LogP contribution < -0.4 is 10.6 Å². The monoisotopic (exact) mass is 227 g/mol. The minimum absolute atomic E-state index is 0.704. The van der Waals surface area contributed by atoms with Crippen molar-refractivity contribution in [2.45, 2.75) is 13.8 Å². The molecule has 2 N–H and O–H groups in total. The van der Waals surface area contributed by atoms with Gasteiger partial charge in [0, 0.05) is 18.9 Å². The molecular weight excluding hydrogens is 210 g/mol. The van der Waals surface area contributed by atoms with Crippen molar-refractivity contribution >= 4 is 17.2 Å². The van der Waals surface area contributed by atoms with E-state index in [1.165, 1.54) is 5.56 Å². The van der Waals surface area contributed by atoms with Gasteiger partial charge in [-0.15, -0.1) is 0 Å².